The highest BCUT2D eigenvalue weighted by Crippen LogP contribution is 2.28. The number of carbonyl (C=O) groups is 2. The standard InChI is InChI=1S/C31H38ClN3O5S/c1-5-7-19-33-31(37)29(6-2)34(21-24-13-11-23(3)12-14-24)30(36)22-35(26-10-8-9-25(32)20-26)41(38,39)28-17-15-27(40-4)16-18-28/h8-18,20,29H,5-7,19,21-22H2,1-4H3,(H,33,37). The molecule has 0 aliphatic rings. The highest BCUT2D eigenvalue weighted by molar-refractivity contribution is 7.92. The van der Waals surface area contributed by atoms with E-state index < -0.39 is 28.5 Å². The van der Waals surface area contributed by atoms with Crippen molar-refractivity contribution >= 4 is 39.1 Å². The number of unbranched alkanes of at least 4 members (excludes halogenated alkanes) is 1. The van der Waals surface area contributed by atoms with Gasteiger partial charge in [0.05, 0.1) is 17.7 Å². The van der Waals surface area contributed by atoms with E-state index in [1.165, 1.54) is 30.2 Å². The molecule has 0 heterocycles. The van der Waals surface area contributed by atoms with Gasteiger partial charge in [-0.2, -0.15) is 0 Å². The van der Waals surface area contributed by atoms with Crippen molar-refractivity contribution in [3.63, 3.8) is 0 Å². The van der Waals surface area contributed by atoms with E-state index in [0.29, 0.717) is 23.7 Å². The topological polar surface area (TPSA) is 96.0 Å². The summed E-state index contributed by atoms with van der Waals surface area (Å²) in [5, 5.41) is 3.25. The molecule has 0 saturated heterocycles. The average Bonchev–Trinajstić information content (AvgIpc) is 2.96. The fraction of sp³-hybridized carbons (Fsp3) is 0.355. The van der Waals surface area contributed by atoms with Crippen LogP contribution < -0.4 is 14.4 Å². The quantitative estimate of drug-likeness (QED) is 0.244. The highest BCUT2D eigenvalue weighted by Gasteiger charge is 2.33. The van der Waals surface area contributed by atoms with E-state index in [0.717, 1.165) is 28.3 Å². The number of nitrogens with one attached hydrogen (secondary N) is 1. The molecule has 0 aliphatic heterocycles. The summed E-state index contributed by atoms with van der Waals surface area (Å²) in [6, 6.07) is 19.2. The molecular formula is C31H38ClN3O5S. The first-order valence-electron chi connectivity index (χ1n) is 13.7. The Labute approximate surface area is 248 Å². The van der Waals surface area contributed by atoms with Gasteiger partial charge in [-0.1, -0.05) is 67.8 Å². The predicted molar refractivity (Wildman–Crippen MR) is 163 cm³/mol. The molecule has 10 heteroatoms. The van der Waals surface area contributed by atoms with Gasteiger partial charge in [0.25, 0.3) is 10.0 Å². The van der Waals surface area contributed by atoms with Crippen LogP contribution in [0.15, 0.2) is 77.7 Å². The lowest BCUT2D eigenvalue weighted by molar-refractivity contribution is -0.140. The van der Waals surface area contributed by atoms with Gasteiger partial charge in [0.1, 0.15) is 18.3 Å². The second-order valence-corrected chi connectivity index (χ2v) is 12.0. The van der Waals surface area contributed by atoms with Crippen LogP contribution in [-0.2, 0) is 26.2 Å². The number of methoxy groups -OCH3 is 1. The third-order valence-electron chi connectivity index (χ3n) is 6.71. The smallest absolute Gasteiger partial charge is 0.264 e. The summed E-state index contributed by atoms with van der Waals surface area (Å²) in [6.45, 7) is 5.95. The summed E-state index contributed by atoms with van der Waals surface area (Å²) in [5.41, 5.74) is 2.13. The Hall–Kier alpha value is -3.56. The number of aryl methyl sites for hydroxylation is 1. The maximum Gasteiger partial charge on any atom is 0.264 e. The first-order chi connectivity index (χ1) is 19.6. The van der Waals surface area contributed by atoms with Gasteiger partial charge in [0.2, 0.25) is 11.8 Å². The van der Waals surface area contributed by atoms with Crippen LogP contribution in [0.2, 0.25) is 5.02 Å². The molecule has 0 bridgehead atoms. The fourth-order valence-corrected chi connectivity index (χ4v) is 5.94. The third kappa shape index (κ3) is 8.47. The second-order valence-electron chi connectivity index (χ2n) is 9.74. The number of ether oxygens (including phenoxy) is 1. The zero-order chi connectivity index (χ0) is 30.0. The van der Waals surface area contributed by atoms with Crippen LogP contribution in [0.25, 0.3) is 0 Å². The van der Waals surface area contributed by atoms with Crippen LogP contribution >= 0.6 is 11.6 Å². The number of hydrogen-bond donors (Lipinski definition) is 1. The molecule has 0 aromatic heterocycles. The Bertz CT molecular complexity index is 1410. The van der Waals surface area contributed by atoms with Crippen LogP contribution in [-0.4, -0.2) is 51.4 Å². The third-order valence-corrected chi connectivity index (χ3v) is 8.73. The lowest BCUT2D eigenvalue weighted by Crippen LogP contribution is -2.52. The van der Waals surface area contributed by atoms with Crippen LogP contribution in [0.1, 0.15) is 44.2 Å². The summed E-state index contributed by atoms with van der Waals surface area (Å²) < 4.78 is 34.1. The first-order valence-corrected chi connectivity index (χ1v) is 15.5. The minimum Gasteiger partial charge on any atom is -0.497 e. The number of sulfonamides is 1. The number of rotatable bonds is 14. The number of halogens is 1. The summed E-state index contributed by atoms with van der Waals surface area (Å²) in [4.78, 5) is 28.8. The van der Waals surface area contributed by atoms with Gasteiger partial charge in [-0.15, -0.1) is 0 Å². The van der Waals surface area contributed by atoms with Gasteiger partial charge in [0.15, 0.2) is 0 Å². The molecule has 0 fully saturated rings. The van der Waals surface area contributed by atoms with Crippen molar-refractivity contribution in [2.75, 3.05) is 24.5 Å². The van der Waals surface area contributed by atoms with E-state index in [2.05, 4.69) is 5.32 Å². The largest absolute Gasteiger partial charge is 0.497 e. The lowest BCUT2D eigenvalue weighted by atomic mass is 10.1. The van der Waals surface area contributed by atoms with Crippen molar-refractivity contribution in [1.29, 1.82) is 0 Å². The van der Waals surface area contributed by atoms with Crippen molar-refractivity contribution < 1.29 is 22.7 Å². The Morgan fingerprint density at radius 3 is 2.27 bits per heavy atom. The fourth-order valence-electron chi connectivity index (χ4n) is 4.35. The van der Waals surface area contributed by atoms with Crippen LogP contribution in [0.4, 0.5) is 5.69 Å². The van der Waals surface area contributed by atoms with Gasteiger partial charge in [0, 0.05) is 18.1 Å². The van der Waals surface area contributed by atoms with Gasteiger partial charge in [-0.05, 0) is 67.8 Å². The Balaban J connectivity index is 2.03. The van der Waals surface area contributed by atoms with E-state index in [1.807, 2.05) is 45.0 Å². The van der Waals surface area contributed by atoms with Crippen molar-refractivity contribution in [2.45, 2.75) is 57.5 Å². The van der Waals surface area contributed by atoms with Gasteiger partial charge in [-0.3, -0.25) is 13.9 Å². The van der Waals surface area contributed by atoms with Crippen LogP contribution in [0, 0.1) is 6.92 Å². The van der Waals surface area contributed by atoms with E-state index in [4.69, 9.17) is 16.3 Å². The zero-order valence-electron chi connectivity index (χ0n) is 24.0. The molecule has 41 heavy (non-hydrogen) atoms. The van der Waals surface area contributed by atoms with Crippen molar-refractivity contribution in [3.8, 4) is 5.75 Å². The van der Waals surface area contributed by atoms with Crippen LogP contribution in [0.3, 0.4) is 0 Å². The van der Waals surface area contributed by atoms with Gasteiger partial charge >= 0.3 is 0 Å². The average molecular weight is 600 g/mol. The predicted octanol–water partition coefficient (Wildman–Crippen LogP) is 5.58. The molecule has 0 aliphatic carbocycles. The Kier molecular flexibility index (Phi) is 11.6. The zero-order valence-corrected chi connectivity index (χ0v) is 25.5. The van der Waals surface area contributed by atoms with E-state index >= 15 is 0 Å². The van der Waals surface area contributed by atoms with Crippen LogP contribution in [0.5, 0.6) is 5.75 Å². The molecule has 1 atom stereocenters. The summed E-state index contributed by atoms with van der Waals surface area (Å²) >= 11 is 6.23. The van der Waals surface area contributed by atoms with Gasteiger partial charge in [-0.25, -0.2) is 8.42 Å². The van der Waals surface area contributed by atoms with Crippen molar-refractivity contribution in [3.05, 3.63) is 88.9 Å². The number of amides is 2. The van der Waals surface area contributed by atoms with E-state index in [9.17, 15) is 18.0 Å². The summed E-state index contributed by atoms with van der Waals surface area (Å²) in [5.74, 6) is -0.285. The number of carbonyl (C=O) groups excluding carboxylic acids is 2. The SMILES string of the molecule is CCCCNC(=O)C(CC)N(Cc1ccc(C)cc1)C(=O)CN(c1cccc(Cl)c1)S(=O)(=O)c1ccc(OC)cc1. The molecule has 0 radical (unpaired) electrons. The van der Waals surface area contributed by atoms with E-state index in [-0.39, 0.29) is 23.0 Å². The molecule has 8 nitrogen and oxygen atoms in total. The number of anilines is 1. The Morgan fingerprint density at radius 2 is 1.68 bits per heavy atom. The molecule has 2 amide bonds. The van der Waals surface area contributed by atoms with Crippen molar-refractivity contribution in [1.82, 2.24) is 10.2 Å². The molecular weight excluding hydrogens is 562 g/mol. The molecule has 3 aromatic carbocycles. The molecule has 1 unspecified atom stereocenters. The molecule has 3 aromatic rings. The summed E-state index contributed by atoms with van der Waals surface area (Å²) in [7, 11) is -2.71. The maximum absolute atomic E-state index is 14.1. The molecule has 220 valence electrons. The minimum absolute atomic E-state index is 0.0134. The van der Waals surface area contributed by atoms with Crippen molar-refractivity contribution in [2.24, 2.45) is 0 Å². The molecule has 1 N–H and O–H groups in total. The first kappa shape index (κ1) is 32.0. The molecule has 3 rings (SSSR count). The number of hydrogen-bond acceptors (Lipinski definition) is 5. The summed E-state index contributed by atoms with van der Waals surface area (Å²) in [6.07, 6.45) is 2.09. The number of nitrogens with zero attached hydrogens (tertiary/aromatic N) is 2. The second kappa shape index (κ2) is 14.9. The lowest BCUT2D eigenvalue weighted by Gasteiger charge is -2.33. The normalized spacial score (nSPS) is 11.9. The highest BCUT2D eigenvalue weighted by atomic mass is 35.5. The Morgan fingerprint density at radius 1 is 1.00 bits per heavy atom. The molecule has 0 spiro atoms. The monoisotopic (exact) mass is 599 g/mol. The molecule has 0 saturated carbocycles. The van der Waals surface area contributed by atoms with Gasteiger partial charge < -0.3 is 15.0 Å². The van der Waals surface area contributed by atoms with E-state index in [1.54, 1.807) is 30.3 Å². The maximum atomic E-state index is 14.1. The minimum atomic E-state index is -4.20. The number of benzene rings is 3.